The molecule has 0 unspecified atom stereocenters. The van der Waals surface area contributed by atoms with Crippen molar-refractivity contribution in [1.29, 1.82) is 0 Å². The maximum Gasteiger partial charge on any atom is 0.240 e. The Morgan fingerprint density at radius 3 is 1.92 bits per heavy atom. The monoisotopic (exact) mass is 359 g/mol. The van der Waals surface area contributed by atoms with Gasteiger partial charge < -0.3 is 5.11 Å². The third-order valence-corrected chi connectivity index (χ3v) is 6.42. The zero-order valence-corrected chi connectivity index (χ0v) is 16.2. The molecule has 0 aliphatic rings. The lowest BCUT2D eigenvalue weighted by molar-refractivity contribution is -0.0852. The largest absolute Gasteiger partial charge is 0.388 e. The van der Waals surface area contributed by atoms with Gasteiger partial charge in [-0.15, -0.1) is 0 Å². The predicted molar refractivity (Wildman–Crippen MR) is 94.6 cm³/mol. The number of hydrogen-bond acceptors (Lipinski definition) is 3. The highest BCUT2D eigenvalue weighted by Gasteiger charge is 2.46. The number of rotatable bonds is 8. The Morgan fingerprint density at radius 1 is 1.08 bits per heavy atom. The lowest BCUT2D eigenvalue weighted by Gasteiger charge is -2.45. The van der Waals surface area contributed by atoms with Gasteiger partial charge in [-0.3, -0.25) is 0 Å². The Hall–Kier alpha value is -0.980. The van der Waals surface area contributed by atoms with Crippen molar-refractivity contribution in [3.05, 3.63) is 30.1 Å². The summed E-state index contributed by atoms with van der Waals surface area (Å²) in [6.45, 7) is 11.4. The molecule has 24 heavy (non-hydrogen) atoms. The Balaban J connectivity index is 3.30. The van der Waals surface area contributed by atoms with E-state index in [-0.39, 0.29) is 22.6 Å². The van der Waals surface area contributed by atoms with E-state index in [0.29, 0.717) is 0 Å². The molecule has 0 spiro atoms. The highest BCUT2D eigenvalue weighted by atomic mass is 32.2. The van der Waals surface area contributed by atoms with Crippen LogP contribution in [-0.4, -0.2) is 25.2 Å². The lowest BCUT2D eigenvalue weighted by Crippen LogP contribution is -2.61. The highest BCUT2D eigenvalue weighted by Crippen LogP contribution is 2.35. The zero-order valence-electron chi connectivity index (χ0n) is 15.4. The smallest absolute Gasteiger partial charge is 0.240 e. The second-order valence-corrected chi connectivity index (χ2v) is 8.85. The van der Waals surface area contributed by atoms with Crippen molar-refractivity contribution in [1.82, 2.24) is 4.72 Å². The molecule has 0 radical (unpaired) electrons. The lowest BCUT2D eigenvalue weighted by atomic mass is 9.71. The number of benzene rings is 1. The van der Waals surface area contributed by atoms with Crippen LogP contribution in [0.1, 0.15) is 48.0 Å². The second kappa shape index (κ2) is 7.93. The van der Waals surface area contributed by atoms with Gasteiger partial charge in [0.15, 0.2) is 0 Å². The van der Waals surface area contributed by atoms with E-state index in [1.165, 1.54) is 12.1 Å². The standard InChI is InChI=1S/C18H30FNO3S/c1-7-14(6)17(18(21,12(2)3)13(4)5)20-24(22,23)16-10-8-15(19)9-11-16/h8-14,17,20-21H,7H2,1-6H3/t14-,17-/m0/s1. The van der Waals surface area contributed by atoms with Gasteiger partial charge in [-0.25, -0.2) is 17.5 Å². The van der Waals surface area contributed by atoms with Gasteiger partial charge in [-0.1, -0.05) is 48.0 Å². The highest BCUT2D eigenvalue weighted by molar-refractivity contribution is 7.89. The van der Waals surface area contributed by atoms with Crippen molar-refractivity contribution in [2.24, 2.45) is 17.8 Å². The fourth-order valence-corrected chi connectivity index (χ4v) is 4.52. The summed E-state index contributed by atoms with van der Waals surface area (Å²) < 4.78 is 41.2. The molecular formula is C18H30FNO3S. The first-order valence-electron chi connectivity index (χ1n) is 8.47. The van der Waals surface area contributed by atoms with Crippen molar-refractivity contribution >= 4 is 10.0 Å². The third-order valence-electron chi connectivity index (χ3n) is 4.97. The number of halogens is 1. The minimum atomic E-state index is -3.86. The molecule has 0 saturated carbocycles. The molecule has 0 saturated heterocycles. The SMILES string of the molecule is CC[C@H](C)[C@H](NS(=O)(=O)c1ccc(F)cc1)C(O)(C(C)C)C(C)C. The van der Waals surface area contributed by atoms with Crippen molar-refractivity contribution in [2.75, 3.05) is 0 Å². The number of hydrogen-bond donors (Lipinski definition) is 2. The van der Waals surface area contributed by atoms with Crippen LogP contribution in [0.4, 0.5) is 4.39 Å². The molecule has 0 aliphatic heterocycles. The molecule has 1 aromatic carbocycles. The molecule has 138 valence electrons. The van der Waals surface area contributed by atoms with Crippen LogP contribution in [0.25, 0.3) is 0 Å². The fourth-order valence-electron chi connectivity index (χ4n) is 3.14. The molecule has 1 rings (SSSR count). The summed E-state index contributed by atoms with van der Waals surface area (Å²) in [5.41, 5.74) is -1.19. The van der Waals surface area contributed by atoms with Crippen molar-refractivity contribution < 1.29 is 17.9 Å². The summed E-state index contributed by atoms with van der Waals surface area (Å²) >= 11 is 0. The maximum absolute atomic E-state index is 13.1. The molecular weight excluding hydrogens is 329 g/mol. The van der Waals surface area contributed by atoms with Crippen LogP contribution < -0.4 is 4.72 Å². The van der Waals surface area contributed by atoms with Gasteiger partial charge in [0.25, 0.3) is 0 Å². The first-order chi connectivity index (χ1) is 11.0. The van der Waals surface area contributed by atoms with Gasteiger partial charge in [0.2, 0.25) is 10.0 Å². The summed E-state index contributed by atoms with van der Waals surface area (Å²) in [5, 5.41) is 11.3. The normalized spacial score (nSPS) is 15.8. The van der Waals surface area contributed by atoms with Crippen molar-refractivity contribution in [3.63, 3.8) is 0 Å². The fraction of sp³-hybridized carbons (Fsp3) is 0.667. The quantitative estimate of drug-likeness (QED) is 0.746. The zero-order chi connectivity index (χ0) is 18.7. The van der Waals surface area contributed by atoms with Crippen molar-refractivity contribution in [3.8, 4) is 0 Å². The summed E-state index contributed by atoms with van der Waals surface area (Å²) in [4.78, 5) is -0.00735. The molecule has 2 atom stereocenters. The van der Waals surface area contributed by atoms with Crippen LogP contribution in [0.2, 0.25) is 0 Å². The van der Waals surface area contributed by atoms with Gasteiger partial charge >= 0.3 is 0 Å². The minimum absolute atomic E-state index is 0.00735. The number of aliphatic hydroxyl groups is 1. The van der Waals surface area contributed by atoms with Crippen LogP contribution in [-0.2, 0) is 10.0 Å². The van der Waals surface area contributed by atoms with Gasteiger partial charge in [-0.2, -0.15) is 0 Å². The molecule has 4 nitrogen and oxygen atoms in total. The van der Waals surface area contributed by atoms with Crippen LogP contribution in [0, 0.1) is 23.6 Å². The van der Waals surface area contributed by atoms with E-state index >= 15 is 0 Å². The van der Waals surface area contributed by atoms with Crippen LogP contribution in [0.5, 0.6) is 0 Å². The molecule has 0 bridgehead atoms. The molecule has 0 amide bonds. The number of sulfonamides is 1. The van der Waals surface area contributed by atoms with E-state index in [0.717, 1.165) is 18.6 Å². The van der Waals surface area contributed by atoms with Crippen LogP contribution in [0.3, 0.4) is 0 Å². The topological polar surface area (TPSA) is 66.4 Å². The molecule has 6 heteroatoms. The average Bonchev–Trinajstić information content (AvgIpc) is 2.51. The van der Waals surface area contributed by atoms with Crippen LogP contribution in [0.15, 0.2) is 29.2 Å². The van der Waals surface area contributed by atoms with Crippen LogP contribution >= 0.6 is 0 Å². The van der Waals surface area contributed by atoms with Gasteiger partial charge in [0, 0.05) is 0 Å². The first kappa shape index (κ1) is 21.1. The second-order valence-electron chi connectivity index (χ2n) is 7.14. The third kappa shape index (κ3) is 4.35. The molecule has 0 aliphatic carbocycles. The average molecular weight is 360 g/mol. The summed E-state index contributed by atoms with van der Waals surface area (Å²) in [6.07, 6.45) is 0.721. The summed E-state index contributed by atoms with van der Waals surface area (Å²) in [7, 11) is -3.86. The Labute approximate surface area is 145 Å². The Kier molecular flexibility index (Phi) is 6.96. The van der Waals surface area contributed by atoms with Crippen molar-refractivity contribution in [2.45, 2.75) is 64.5 Å². The number of nitrogens with one attached hydrogen (secondary N) is 1. The first-order valence-corrected chi connectivity index (χ1v) is 9.95. The van der Waals surface area contributed by atoms with E-state index in [2.05, 4.69) is 4.72 Å². The molecule has 1 aromatic rings. The van der Waals surface area contributed by atoms with E-state index < -0.39 is 27.5 Å². The van der Waals surface area contributed by atoms with E-state index in [9.17, 15) is 17.9 Å². The van der Waals surface area contributed by atoms with Gasteiger partial charge in [0.1, 0.15) is 5.82 Å². The predicted octanol–water partition coefficient (Wildman–Crippen LogP) is 3.56. The summed E-state index contributed by atoms with van der Waals surface area (Å²) in [6, 6.07) is 4.05. The molecule has 0 fully saturated rings. The molecule has 0 aromatic heterocycles. The van der Waals surface area contributed by atoms with E-state index in [1.54, 1.807) is 0 Å². The molecule has 2 N–H and O–H groups in total. The maximum atomic E-state index is 13.1. The van der Waals surface area contributed by atoms with Gasteiger partial charge in [-0.05, 0) is 42.0 Å². The van der Waals surface area contributed by atoms with E-state index in [4.69, 9.17) is 0 Å². The Bertz CT molecular complexity index is 618. The minimum Gasteiger partial charge on any atom is -0.388 e. The molecule has 0 heterocycles. The van der Waals surface area contributed by atoms with E-state index in [1.807, 2.05) is 41.5 Å². The van der Waals surface area contributed by atoms with Gasteiger partial charge in [0.05, 0.1) is 16.5 Å². The Morgan fingerprint density at radius 2 is 1.54 bits per heavy atom. The summed E-state index contributed by atoms with van der Waals surface area (Å²) in [5.74, 6) is -0.817.